The van der Waals surface area contributed by atoms with Crippen molar-refractivity contribution in [3.05, 3.63) is 35.4 Å². The molecule has 0 aliphatic rings. The third-order valence-corrected chi connectivity index (χ3v) is 3.83. The Morgan fingerprint density at radius 1 is 1.25 bits per heavy atom. The molecule has 0 aliphatic carbocycles. The lowest BCUT2D eigenvalue weighted by atomic mass is 9.88. The predicted octanol–water partition coefficient (Wildman–Crippen LogP) is 2.42. The van der Waals surface area contributed by atoms with E-state index in [2.05, 4.69) is 5.32 Å². The maximum Gasteiger partial charge on any atom is 0.251 e. The van der Waals surface area contributed by atoms with Gasteiger partial charge in [0.2, 0.25) is 0 Å². The van der Waals surface area contributed by atoms with Gasteiger partial charge in [0.05, 0.1) is 5.60 Å². The molecule has 0 aromatic heterocycles. The molecule has 0 aliphatic heterocycles. The molecule has 2 N–H and O–H groups in total. The Labute approximate surface area is 120 Å². The SMILES string of the molecule is CCC(C)C(C)(O)CNC(=O)c1ccc(C(C)=O)cc1. The third kappa shape index (κ3) is 4.17. The van der Waals surface area contributed by atoms with Crippen molar-refractivity contribution in [2.75, 3.05) is 6.54 Å². The minimum Gasteiger partial charge on any atom is -0.388 e. The summed E-state index contributed by atoms with van der Waals surface area (Å²) in [7, 11) is 0. The van der Waals surface area contributed by atoms with Crippen LogP contribution in [-0.2, 0) is 0 Å². The second kappa shape index (κ2) is 6.66. The van der Waals surface area contributed by atoms with Gasteiger partial charge in [0, 0.05) is 17.7 Å². The van der Waals surface area contributed by atoms with Gasteiger partial charge in [-0.25, -0.2) is 0 Å². The normalized spacial score (nSPS) is 15.2. The zero-order valence-electron chi connectivity index (χ0n) is 12.6. The van der Waals surface area contributed by atoms with E-state index in [1.807, 2.05) is 13.8 Å². The van der Waals surface area contributed by atoms with Crippen molar-refractivity contribution in [2.24, 2.45) is 5.92 Å². The number of hydrogen-bond acceptors (Lipinski definition) is 3. The fourth-order valence-electron chi connectivity index (χ4n) is 1.83. The quantitative estimate of drug-likeness (QED) is 0.785. The van der Waals surface area contributed by atoms with Gasteiger partial charge in [-0.1, -0.05) is 32.4 Å². The molecule has 1 rings (SSSR count). The Bertz CT molecular complexity index is 477. The second-order valence-electron chi connectivity index (χ2n) is 5.48. The summed E-state index contributed by atoms with van der Waals surface area (Å²) >= 11 is 0. The number of nitrogens with one attached hydrogen (secondary N) is 1. The maximum atomic E-state index is 12.0. The maximum absolute atomic E-state index is 12.0. The van der Waals surface area contributed by atoms with Crippen LogP contribution in [0.1, 0.15) is 54.8 Å². The molecule has 0 radical (unpaired) electrons. The molecule has 0 heterocycles. The number of benzene rings is 1. The Hall–Kier alpha value is -1.68. The lowest BCUT2D eigenvalue weighted by Crippen LogP contribution is -2.45. The van der Waals surface area contributed by atoms with Gasteiger partial charge in [0.15, 0.2) is 5.78 Å². The van der Waals surface area contributed by atoms with Crippen molar-refractivity contribution in [1.29, 1.82) is 0 Å². The molecule has 0 fully saturated rings. The number of hydrogen-bond donors (Lipinski definition) is 2. The van der Waals surface area contributed by atoms with Crippen molar-refractivity contribution < 1.29 is 14.7 Å². The zero-order chi connectivity index (χ0) is 15.3. The fourth-order valence-corrected chi connectivity index (χ4v) is 1.83. The van der Waals surface area contributed by atoms with E-state index in [1.165, 1.54) is 6.92 Å². The summed E-state index contributed by atoms with van der Waals surface area (Å²) in [5.41, 5.74) is 0.132. The van der Waals surface area contributed by atoms with Crippen LogP contribution in [-0.4, -0.2) is 28.9 Å². The number of carbonyl (C=O) groups is 2. The van der Waals surface area contributed by atoms with E-state index in [9.17, 15) is 14.7 Å². The molecule has 1 amide bonds. The van der Waals surface area contributed by atoms with Gasteiger partial charge in [0.25, 0.3) is 5.91 Å². The number of rotatable bonds is 6. The van der Waals surface area contributed by atoms with Gasteiger partial charge >= 0.3 is 0 Å². The summed E-state index contributed by atoms with van der Waals surface area (Å²) in [5, 5.41) is 13.0. The Kier molecular flexibility index (Phi) is 5.45. The van der Waals surface area contributed by atoms with Crippen molar-refractivity contribution in [3.63, 3.8) is 0 Å². The first kappa shape index (κ1) is 16.4. The Morgan fingerprint density at radius 3 is 2.20 bits per heavy atom. The molecule has 4 heteroatoms. The standard InChI is InChI=1S/C16H23NO3/c1-5-11(2)16(4,20)10-17-15(19)14-8-6-13(7-9-14)12(3)18/h6-9,11,20H,5,10H2,1-4H3,(H,17,19). The summed E-state index contributed by atoms with van der Waals surface area (Å²) in [6, 6.07) is 6.49. The first-order valence-electron chi connectivity index (χ1n) is 6.89. The molecule has 1 aromatic rings. The molecule has 0 saturated heterocycles. The molecule has 0 bridgehead atoms. The zero-order valence-corrected chi connectivity index (χ0v) is 12.6. The summed E-state index contributed by atoms with van der Waals surface area (Å²) < 4.78 is 0. The molecule has 110 valence electrons. The Morgan fingerprint density at radius 2 is 1.75 bits per heavy atom. The summed E-state index contributed by atoms with van der Waals surface area (Å²) in [4.78, 5) is 23.1. The van der Waals surface area contributed by atoms with Crippen LogP contribution < -0.4 is 5.32 Å². The van der Waals surface area contributed by atoms with Gasteiger partial charge in [-0.3, -0.25) is 9.59 Å². The van der Waals surface area contributed by atoms with Crippen LogP contribution >= 0.6 is 0 Å². The summed E-state index contributed by atoms with van der Waals surface area (Å²) in [6.45, 7) is 7.36. The number of ketones is 1. The lowest BCUT2D eigenvalue weighted by Gasteiger charge is -2.29. The first-order chi connectivity index (χ1) is 9.27. The van der Waals surface area contributed by atoms with Crippen LogP contribution in [0.4, 0.5) is 0 Å². The number of aliphatic hydroxyl groups is 1. The molecule has 1 aromatic carbocycles. The monoisotopic (exact) mass is 277 g/mol. The van der Waals surface area contributed by atoms with Crippen LogP contribution in [0.25, 0.3) is 0 Å². The molecular weight excluding hydrogens is 254 g/mol. The van der Waals surface area contributed by atoms with Crippen LogP contribution in [0.2, 0.25) is 0 Å². The van der Waals surface area contributed by atoms with E-state index in [-0.39, 0.29) is 24.2 Å². The van der Waals surface area contributed by atoms with E-state index >= 15 is 0 Å². The highest BCUT2D eigenvalue weighted by molar-refractivity contribution is 5.97. The lowest BCUT2D eigenvalue weighted by molar-refractivity contribution is 0.00592. The molecule has 0 saturated carbocycles. The van der Waals surface area contributed by atoms with E-state index in [4.69, 9.17) is 0 Å². The average Bonchev–Trinajstić information content (AvgIpc) is 2.43. The largest absolute Gasteiger partial charge is 0.388 e. The predicted molar refractivity (Wildman–Crippen MR) is 78.9 cm³/mol. The first-order valence-corrected chi connectivity index (χ1v) is 6.89. The molecule has 2 unspecified atom stereocenters. The molecule has 0 spiro atoms. The van der Waals surface area contributed by atoms with Crippen molar-refractivity contribution in [3.8, 4) is 0 Å². The van der Waals surface area contributed by atoms with Crippen LogP contribution in [0, 0.1) is 5.92 Å². The van der Waals surface area contributed by atoms with Crippen LogP contribution in [0.5, 0.6) is 0 Å². The van der Waals surface area contributed by atoms with Crippen molar-refractivity contribution in [1.82, 2.24) is 5.32 Å². The molecular formula is C16H23NO3. The number of Topliss-reactive ketones (excluding diaryl/α,β-unsaturated/α-hetero) is 1. The Balaban J connectivity index is 2.65. The van der Waals surface area contributed by atoms with Crippen LogP contribution in [0.3, 0.4) is 0 Å². The van der Waals surface area contributed by atoms with E-state index in [1.54, 1.807) is 31.2 Å². The van der Waals surface area contributed by atoms with Crippen molar-refractivity contribution >= 4 is 11.7 Å². The molecule has 2 atom stereocenters. The van der Waals surface area contributed by atoms with Gasteiger partial charge < -0.3 is 10.4 Å². The van der Waals surface area contributed by atoms with Gasteiger partial charge in [-0.15, -0.1) is 0 Å². The highest BCUT2D eigenvalue weighted by Crippen LogP contribution is 2.19. The highest BCUT2D eigenvalue weighted by Gasteiger charge is 2.27. The third-order valence-electron chi connectivity index (χ3n) is 3.83. The van der Waals surface area contributed by atoms with E-state index in [0.29, 0.717) is 11.1 Å². The molecule has 4 nitrogen and oxygen atoms in total. The van der Waals surface area contributed by atoms with Crippen LogP contribution in [0.15, 0.2) is 24.3 Å². The summed E-state index contributed by atoms with van der Waals surface area (Å²) in [6.07, 6.45) is 0.843. The number of amides is 1. The van der Waals surface area contributed by atoms with Gasteiger partial charge in [-0.05, 0) is 31.9 Å². The average molecular weight is 277 g/mol. The smallest absolute Gasteiger partial charge is 0.251 e. The van der Waals surface area contributed by atoms with E-state index < -0.39 is 5.60 Å². The van der Waals surface area contributed by atoms with Gasteiger partial charge in [-0.2, -0.15) is 0 Å². The minimum atomic E-state index is -0.927. The fraction of sp³-hybridized carbons (Fsp3) is 0.500. The second-order valence-corrected chi connectivity index (χ2v) is 5.48. The van der Waals surface area contributed by atoms with E-state index in [0.717, 1.165) is 6.42 Å². The highest BCUT2D eigenvalue weighted by atomic mass is 16.3. The summed E-state index contributed by atoms with van der Waals surface area (Å²) in [5.74, 6) is -0.178. The topological polar surface area (TPSA) is 66.4 Å². The minimum absolute atomic E-state index is 0.0309. The van der Waals surface area contributed by atoms with Gasteiger partial charge in [0.1, 0.15) is 0 Å². The number of carbonyl (C=O) groups excluding carboxylic acids is 2. The van der Waals surface area contributed by atoms with Crippen molar-refractivity contribution in [2.45, 2.75) is 39.7 Å². The molecule has 20 heavy (non-hydrogen) atoms.